The van der Waals surface area contributed by atoms with E-state index in [1.165, 1.54) is 0 Å². The summed E-state index contributed by atoms with van der Waals surface area (Å²) in [6.45, 7) is 23.1. The van der Waals surface area contributed by atoms with Crippen molar-refractivity contribution in [2.45, 2.75) is 36.3 Å². The van der Waals surface area contributed by atoms with E-state index in [1.807, 2.05) is 36.5 Å². The van der Waals surface area contributed by atoms with Gasteiger partial charge in [0.05, 0.1) is 0 Å². The van der Waals surface area contributed by atoms with E-state index in [9.17, 15) is 0 Å². The molecule has 0 atom stereocenters. The zero-order valence-corrected chi connectivity index (χ0v) is 15.8. The van der Waals surface area contributed by atoms with E-state index in [0.717, 1.165) is 36.3 Å². The Morgan fingerprint density at radius 1 is 0.455 bits per heavy atom. The van der Waals surface area contributed by atoms with Gasteiger partial charge in [-0.25, -0.2) is 0 Å². The van der Waals surface area contributed by atoms with Crippen LogP contribution in [0.5, 0.6) is 0 Å². The van der Waals surface area contributed by atoms with Crippen LogP contribution in [0.2, 0.25) is 36.3 Å². The Morgan fingerprint density at radius 3 is 0.773 bits per heavy atom. The quantitative estimate of drug-likeness (QED) is 0.160. The van der Waals surface area contributed by atoms with Gasteiger partial charge in [-0.1, -0.05) is 36.5 Å². The third kappa shape index (κ3) is 6.70. The van der Waals surface area contributed by atoms with E-state index < -0.39 is 16.6 Å². The van der Waals surface area contributed by atoms with Crippen LogP contribution >= 0.6 is 0 Å². The van der Waals surface area contributed by atoms with E-state index in [-0.39, 0.29) is 0 Å². The second-order valence-corrected chi connectivity index (χ2v) is 13.0. The molecule has 0 aromatic rings. The fourth-order valence-corrected chi connectivity index (χ4v) is 8.44. The van der Waals surface area contributed by atoms with Crippen molar-refractivity contribution in [3.8, 4) is 0 Å². The molecule has 122 valence electrons. The summed E-state index contributed by atoms with van der Waals surface area (Å²) in [7, 11) is -4.27. The largest absolute Gasteiger partial charge is 0.296 e. The predicted octanol–water partition coefficient (Wildman–Crippen LogP) is 5.94. The molecular weight excluding hydrogens is 304 g/mol. The lowest BCUT2D eigenvalue weighted by atomic mass is 10.7. The summed E-state index contributed by atoms with van der Waals surface area (Å²) in [6.07, 6.45) is 11.4. The Labute approximate surface area is 138 Å². The van der Waals surface area contributed by atoms with Crippen molar-refractivity contribution in [1.29, 1.82) is 0 Å². The van der Waals surface area contributed by atoms with Gasteiger partial charge in [-0.05, 0) is 36.3 Å². The van der Waals surface area contributed by atoms with Gasteiger partial charge < -0.3 is 0 Å². The lowest BCUT2D eigenvalue weighted by Gasteiger charge is -2.34. The summed E-state index contributed by atoms with van der Waals surface area (Å²) in [5.74, 6) is 0. The normalized spacial score (nSPS) is 11.5. The molecule has 0 aromatic carbocycles. The van der Waals surface area contributed by atoms with Crippen LogP contribution in [0.25, 0.3) is 0 Å². The van der Waals surface area contributed by atoms with Crippen LogP contribution in [-0.4, -0.2) is 16.6 Å². The monoisotopic (exact) mass is 334 g/mol. The Balaban J connectivity index is 5.28. The molecule has 0 spiro atoms. The lowest BCUT2D eigenvalue weighted by molar-refractivity contribution is -0.127. The highest BCUT2D eigenvalue weighted by Crippen LogP contribution is 2.30. The summed E-state index contributed by atoms with van der Waals surface area (Å²) in [6, 6.07) is 4.87. The Morgan fingerprint density at radius 2 is 0.636 bits per heavy atom. The van der Waals surface area contributed by atoms with E-state index in [2.05, 4.69) is 39.5 Å². The van der Waals surface area contributed by atoms with Crippen LogP contribution in [-0.2, 0) is 9.15 Å². The van der Waals surface area contributed by atoms with E-state index in [0.29, 0.717) is 0 Å². The maximum absolute atomic E-state index is 6.12. The second kappa shape index (κ2) is 11.4. The molecule has 0 rings (SSSR count). The number of allylic oxidation sites excluding steroid dienone is 6. The first-order chi connectivity index (χ1) is 10.6. The topological polar surface area (TPSA) is 18.5 Å². The summed E-state index contributed by atoms with van der Waals surface area (Å²) in [4.78, 5) is 0. The van der Waals surface area contributed by atoms with Crippen molar-refractivity contribution < 1.29 is 9.15 Å². The molecule has 0 heterocycles. The lowest BCUT2D eigenvalue weighted by Crippen LogP contribution is -2.44. The summed E-state index contributed by atoms with van der Waals surface area (Å²) >= 11 is 0. The molecule has 0 N–H and O–H groups in total. The fraction of sp³-hybridized carbons (Fsp3) is 0.333. The SMILES string of the molecule is C=CC[Si](CC=C)(CC=C)OO[Si](CC=C)(CC=C)CC=C. The third-order valence-corrected chi connectivity index (χ3v) is 10.7. The van der Waals surface area contributed by atoms with Gasteiger partial charge in [0.15, 0.2) is 0 Å². The fourth-order valence-electron chi connectivity index (χ4n) is 2.46. The number of hydrogen-bond donors (Lipinski definition) is 0. The highest BCUT2D eigenvalue weighted by Gasteiger charge is 2.39. The van der Waals surface area contributed by atoms with Crippen molar-refractivity contribution in [3.05, 3.63) is 75.9 Å². The van der Waals surface area contributed by atoms with E-state index in [4.69, 9.17) is 9.15 Å². The molecule has 0 aromatic heterocycles. The van der Waals surface area contributed by atoms with Crippen LogP contribution in [0, 0.1) is 0 Å². The minimum absolute atomic E-state index is 0.811. The van der Waals surface area contributed by atoms with Gasteiger partial charge in [-0.3, -0.25) is 9.15 Å². The van der Waals surface area contributed by atoms with Crippen molar-refractivity contribution in [2.75, 3.05) is 0 Å². The third-order valence-electron chi connectivity index (χ3n) is 3.49. The van der Waals surface area contributed by atoms with Crippen LogP contribution < -0.4 is 0 Å². The predicted molar refractivity (Wildman–Crippen MR) is 104 cm³/mol. The average Bonchev–Trinajstić information content (AvgIpc) is 2.47. The van der Waals surface area contributed by atoms with Gasteiger partial charge in [0.2, 0.25) is 16.6 Å². The van der Waals surface area contributed by atoms with Crippen LogP contribution in [0.4, 0.5) is 0 Å². The zero-order valence-electron chi connectivity index (χ0n) is 13.8. The molecule has 4 heteroatoms. The molecule has 0 radical (unpaired) electrons. The Bertz CT molecular complexity index is 311. The maximum Gasteiger partial charge on any atom is 0.248 e. The molecule has 0 fully saturated rings. The Hall–Kier alpha value is -1.21. The summed E-state index contributed by atoms with van der Waals surface area (Å²) < 4.78 is 12.2. The van der Waals surface area contributed by atoms with Crippen LogP contribution in [0.3, 0.4) is 0 Å². The maximum atomic E-state index is 6.12. The molecule has 22 heavy (non-hydrogen) atoms. The highest BCUT2D eigenvalue weighted by atomic mass is 28.4. The second-order valence-electron chi connectivity index (χ2n) is 5.49. The van der Waals surface area contributed by atoms with Gasteiger partial charge in [-0.15, -0.1) is 39.5 Å². The molecule has 0 saturated heterocycles. The van der Waals surface area contributed by atoms with Crippen molar-refractivity contribution in [3.63, 3.8) is 0 Å². The van der Waals surface area contributed by atoms with Gasteiger partial charge in [0, 0.05) is 0 Å². The first-order valence-corrected chi connectivity index (χ1v) is 12.7. The van der Waals surface area contributed by atoms with E-state index >= 15 is 0 Å². The summed E-state index contributed by atoms with van der Waals surface area (Å²) in [5, 5.41) is 0. The first-order valence-electron chi connectivity index (χ1n) is 7.60. The Kier molecular flexibility index (Phi) is 10.7. The van der Waals surface area contributed by atoms with Crippen molar-refractivity contribution in [1.82, 2.24) is 0 Å². The molecule has 0 aliphatic rings. The minimum atomic E-state index is -2.14. The van der Waals surface area contributed by atoms with Gasteiger partial charge in [0.1, 0.15) is 0 Å². The zero-order chi connectivity index (χ0) is 16.9. The van der Waals surface area contributed by atoms with Gasteiger partial charge >= 0.3 is 0 Å². The number of hydrogen-bond acceptors (Lipinski definition) is 2. The first kappa shape index (κ1) is 20.8. The van der Waals surface area contributed by atoms with Crippen molar-refractivity contribution >= 4 is 16.6 Å². The molecule has 0 bridgehead atoms. The molecule has 0 aliphatic heterocycles. The van der Waals surface area contributed by atoms with E-state index in [1.54, 1.807) is 0 Å². The molecule has 0 saturated carbocycles. The van der Waals surface area contributed by atoms with Gasteiger partial charge in [0.25, 0.3) is 0 Å². The molecule has 0 amide bonds. The van der Waals surface area contributed by atoms with Crippen molar-refractivity contribution in [2.24, 2.45) is 0 Å². The molecule has 0 unspecified atom stereocenters. The minimum Gasteiger partial charge on any atom is -0.296 e. The molecule has 2 nitrogen and oxygen atoms in total. The van der Waals surface area contributed by atoms with Crippen LogP contribution in [0.15, 0.2) is 75.9 Å². The smallest absolute Gasteiger partial charge is 0.248 e. The standard InChI is InChI=1S/C18H30O2Si2/c1-7-13-21(14-8-2,15-9-3)19-20-22(16-10-4,17-11-5)18-12-6/h7-12H,1-6,13-18H2. The number of rotatable bonds is 15. The average molecular weight is 335 g/mol. The van der Waals surface area contributed by atoms with Gasteiger partial charge in [-0.2, -0.15) is 0 Å². The highest BCUT2D eigenvalue weighted by molar-refractivity contribution is 6.77. The summed E-state index contributed by atoms with van der Waals surface area (Å²) in [5.41, 5.74) is 0. The molecular formula is C18H30O2Si2. The molecule has 0 aliphatic carbocycles. The van der Waals surface area contributed by atoms with Crippen LogP contribution in [0.1, 0.15) is 0 Å².